The Kier molecular flexibility index (Phi) is 7.20. The van der Waals surface area contributed by atoms with Crippen LogP contribution < -0.4 is 14.9 Å². The van der Waals surface area contributed by atoms with Gasteiger partial charge in [-0.05, 0) is 57.9 Å². The summed E-state index contributed by atoms with van der Waals surface area (Å²) in [4.78, 5) is 0. The summed E-state index contributed by atoms with van der Waals surface area (Å²) in [6, 6.07) is 18.8. The van der Waals surface area contributed by atoms with Gasteiger partial charge in [0.25, 0.3) is 0 Å². The molecule has 0 aliphatic heterocycles. The van der Waals surface area contributed by atoms with Crippen LogP contribution in [0.1, 0.15) is 11.1 Å². The summed E-state index contributed by atoms with van der Waals surface area (Å²) in [6.07, 6.45) is 1.71. The van der Waals surface area contributed by atoms with E-state index in [1.807, 2.05) is 48.5 Å². The van der Waals surface area contributed by atoms with Crippen molar-refractivity contribution in [2.75, 3.05) is 12.5 Å². The molecule has 0 amide bonds. The van der Waals surface area contributed by atoms with Crippen molar-refractivity contribution in [3.8, 4) is 11.5 Å². The van der Waals surface area contributed by atoms with Gasteiger partial charge < -0.3 is 9.47 Å². The van der Waals surface area contributed by atoms with Crippen LogP contribution >= 0.6 is 39.1 Å². The number of hydrogen-bond acceptors (Lipinski definition) is 4. The first kappa shape index (κ1) is 20.5. The Balaban J connectivity index is 1.72. The van der Waals surface area contributed by atoms with E-state index in [0.717, 1.165) is 21.3 Å². The number of rotatable bonds is 7. The van der Waals surface area contributed by atoms with E-state index >= 15 is 0 Å². The molecule has 3 aromatic carbocycles. The zero-order chi connectivity index (χ0) is 19.9. The topological polar surface area (TPSA) is 42.8 Å². The number of benzene rings is 3. The van der Waals surface area contributed by atoms with Gasteiger partial charge in [-0.2, -0.15) is 5.10 Å². The second-order valence-electron chi connectivity index (χ2n) is 5.80. The smallest absolute Gasteiger partial charge is 0.162 e. The van der Waals surface area contributed by atoms with Gasteiger partial charge in [-0.3, -0.25) is 5.43 Å². The van der Waals surface area contributed by atoms with Crippen LogP contribution in [0.5, 0.6) is 11.5 Å². The minimum atomic E-state index is 0.336. The van der Waals surface area contributed by atoms with E-state index in [1.165, 1.54) is 0 Å². The minimum Gasteiger partial charge on any atom is -0.493 e. The van der Waals surface area contributed by atoms with Crippen LogP contribution in [0.25, 0.3) is 0 Å². The summed E-state index contributed by atoms with van der Waals surface area (Å²) >= 11 is 15.6. The highest BCUT2D eigenvalue weighted by molar-refractivity contribution is 9.10. The van der Waals surface area contributed by atoms with E-state index in [1.54, 1.807) is 25.5 Å². The Morgan fingerprint density at radius 3 is 2.50 bits per heavy atom. The molecule has 0 unspecified atom stereocenters. The van der Waals surface area contributed by atoms with Crippen molar-refractivity contribution >= 4 is 51.0 Å². The van der Waals surface area contributed by atoms with E-state index < -0.39 is 0 Å². The van der Waals surface area contributed by atoms with Crippen molar-refractivity contribution in [2.24, 2.45) is 5.10 Å². The summed E-state index contributed by atoms with van der Waals surface area (Å²) in [5.41, 5.74) is 5.65. The SMILES string of the molecule is COc1cc(/C=N/Nc2ccccc2)c(Br)cc1OCc1ccc(Cl)c(Cl)c1. The number of ether oxygens (including phenoxy) is 2. The van der Waals surface area contributed by atoms with Crippen LogP contribution in [0, 0.1) is 0 Å². The van der Waals surface area contributed by atoms with E-state index in [4.69, 9.17) is 32.7 Å². The molecule has 144 valence electrons. The summed E-state index contributed by atoms with van der Waals surface area (Å²) in [6.45, 7) is 0.336. The van der Waals surface area contributed by atoms with Gasteiger partial charge in [-0.15, -0.1) is 0 Å². The first-order chi connectivity index (χ1) is 13.6. The molecule has 3 aromatic rings. The summed E-state index contributed by atoms with van der Waals surface area (Å²) in [5, 5.41) is 5.27. The Morgan fingerprint density at radius 1 is 1.00 bits per heavy atom. The first-order valence-electron chi connectivity index (χ1n) is 8.35. The van der Waals surface area contributed by atoms with Gasteiger partial charge in [0.2, 0.25) is 0 Å². The highest BCUT2D eigenvalue weighted by atomic mass is 79.9. The normalized spacial score (nSPS) is 10.9. The zero-order valence-electron chi connectivity index (χ0n) is 15.0. The third-order valence-electron chi connectivity index (χ3n) is 3.83. The number of anilines is 1. The molecule has 1 N–H and O–H groups in total. The largest absolute Gasteiger partial charge is 0.493 e. The maximum Gasteiger partial charge on any atom is 0.162 e. The molecule has 0 radical (unpaired) electrons. The highest BCUT2D eigenvalue weighted by Crippen LogP contribution is 2.34. The average Bonchev–Trinajstić information content (AvgIpc) is 2.71. The van der Waals surface area contributed by atoms with Crippen LogP contribution in [0.4, 0.5) is 5.69 Å². The van der Waals surface area contributed by atoms with Crippen LogP contribution in [0.2, 0.25) is 10.0 Å². The fraction of sp³-hybridized carbons (Fsp3) is 0.0952. The third-order valence-corrected chi connectivity index (χ3v) is 5.26. The summed E-state index contributed by atoms with van der Waals surface area (Å²) in [5.74, 6) is 1.21. The number of nitrogens with zero attached hydrogens (tertiary/aromatic N) is 1. The molecule has 0 saturated heterocycles. The van der Waals surface area contributed by atoms with E-state index in [9.17, 15) is 0 Å². The van der Waals surface area contributed by atoms with Gasteiger partial charge in [-0.25, -0.2) is 0 Å². The first-order valence-corrected chi connectivity index (χ1v) is 9.90. The van der Waals surface area contributed by atoms with E-state index in [0.29, 0.717) is 28.2 Å². The number of para-hydroxylation sites is 1. The van der Waals surface area contributed by atoms with Crippen molar-refractivity contribution in [1.82, 2.24) is 0 Å². The highest BCUT2D eigenvalue weighted by Gasteiger charge is 2.10. The lowest BCUT2D eigenvalue weighted by molar-refractivity contribution is 0.284. The monoisotopic (exact) mass is 478 g/mol. The van der Waals surface area contributed by atoms with Crippen LogP contribution in [-0.4, -0.2) is 13.3 Å². The predicted molar refractivity (Wildman–Crippen MR) is 119 cm³/mol. The zero-order valence-corrected chi connectivity index (χ0v) is 18.1. The fourth-order valence-corrected chi connectivity index (χ4v) is 3.15. The van der Waals surface area contributed by atoms with Gasteiger partial charge in [-0.1, -0.05) is 47.5 Å². The second-order valence-corrected chi connectivity index (χ2v) is 7.47. The molecule has 0 aliphatic carbocycles. The van der Waals surface area contributed by atoms with Crippen molar-refractivity contribution in [3.05, 3.63) is 86.3 Å². The maximum atomic E-state index is 6.05. The molecule has 28 heavy (non-hydrogen) atoms. The van der Waals surface area contributed by atoms with Crippen LogP contribution in [0.3, 0.4) is 0 Å². The maximum absolute atomic E-state index is 6.05. The van der Waals surface area contributed by atoms with Gasteiger partial charge >= 0.3 is 0 Å². The molecular formula is C21H17BrCl2N2O2. The van der Waals surface area contributed by atoms with Crippen molar-refractivity contribution in [1.29, 1.82) is 0 Å². The number of methoxy groups -OCH3 is 1. The minimum absolute atomic E-state index is 0.336. The molecule has 0 aliphatic rings. The van der Waals surface area contributed by atoms with Crippen molar-refractivity contribution < 1.29 is 9.47 Å². The molecule has 0 atom stereocenters. The average molecular weight is 480 g/mol. The van der Waals surface area contributed by atoms with Gasteiger partial charge in [0.05, 0.1) is 29.1 Å². The molecule has 0 spiro atoms. The number of halogens is 3. The Hall–Kier alpha value is -2.21. The Bertz CT molecular complexity index is 982. The van der Waals surface area contributed by atoms with Gasteiger partial charge in [0, 0.05) is 10.0 Å². The lowest BCUT2D eigenvalue weighted by Crippen LogP contribution is -1.99. The molecular weight excluding hydrogens is 463 g/mol. The molecule has 0 fully saturated rings. The molecule has 3 rings (SSSR count). The third kappa shape index (κ3) is 5.41. The predicted octanol–water partition coefficient (Wildman–Crippen LogP) is 6.79. The number of hydrogen-bond donors (Lipinski definition) is 1. The summed E-state index contributed by atoms with van der Waals surface area (Å²) in [7, 11) is 1.60. The quantitative estimate of drug-likeness (QED) is 0.299. The van der Waals surface area contributed by atoms with Crippen molar-refractivity contribution in [3.63, 3.8) is 0 Å². The standard InChI is InChI=1S/C21H17BrCl2N2O2/c1-27-20-10-15(12-25-26-16-5-3-2-4-6-16)17(22)11-21(20)28-13-14-7-8-18(23)19(24)9-14/h2-12,26H,13H2,1H3/b25-12+. The lowest BCUT2D eigenvalue weighted by Gasteiger charge is -2.13. The van der Waals surface area contributed by atoms with Crippen LogP contribution in [0.15, 0.2) is 70.2 Å². The second kappa shape index (κ2) is 9.82. The summed E-state index contributed by atoms with van der Waals surface area (Å²) < 4.78 is 12.2. The van der Waals surface area contributed by atoms with E-state index in [2.05, 4.69) is 26.5 Å². The Labute approximate surface area is 182 Å². The number of nitrogens with one attached hydrogen (secondary N) is 1. The van der Waals surface area contributed by atoms with E-state index in [-0.39, 0.29) is 0 Å². The molecule has 4 nitrogen and oxygen atoms in total. The molecule has 0 saturated carbocycles. The molecule has 0 bridgehead atoms. The van der Waals surface area contributed by atoms with Gasteiger partial charge in [0.15, 0.2) is 11.5 Å². The Morgan fingerprint density at radius 2 is 1.79 bits per heavy atom. The van der Waals surface area contributed by atoms with Crippen molar-refractivity contribution in [2.45, 2.75) is 6.61 Å². The van der Waals surface area contributed by atoms with Crippen LogP contribution in [-0.2, 0) is 6.61 Å². The number of hydrazone groups is 1. The molecule has 7 heteroatoms. The van der Waals surface area contributed by atoms with Gasteiger partial charge in [0.1, 0.15) is 6.61 Å². The molecule has 0 aromatic heterocycles. The molecule has 0 heterocycles. The lowest BCUT2D eigenvalue weighted by atomic mass is 10.2. The fourth-order valence-electron chi connectivity index (χ4n) is 2.40.